The predicted octanol–water partition coefficient (Wildman–Crippen LogP) is 3.95. The number of hydrogen-bond acceptors (Lipinski definition) is 4. The summed E-state index contributed by atoms with van der Waals surface area (Å²) in [5, 5.41) is 10.7. The third-order valence-electron chi connectivity index (χ3n) is 2.87. The van der Waals surface area contributed by atoms with Gasteiger partial charge in [-0.05, 0) is 52.2 Å². The second-order valence-corrected chi connectivity index (χ2v) is 6.58. The van der Waals surface area contributed by atoms with Crippen LogP contribution in [-0.2, 0) is 11.3 Å². The van der Waals surface area contributed by atoms with Gasteiger partial charge in [0.05, 0.1) is 6.54 Å². The summed E-state index contributed by atoms with van der Waals surface area (Å²) in [7, 11) is 2.00. The Bertz CT molecular complexity index is 682. The smallest absolute Gasteiger partial charge is 0.328 e. The van der Waals surface area contributed by atoms with Crippen LogP contribution in [0.2, 0.25) is 0 Å². The lowest BCUT2D eigenvalue weighted by Gasteiger charge is -2.19. The number of aromatic nitrogens is 1. The van der Waals surface area contributed by atoms with Crippen molar-refractivity contribution in [1.82, 2.24) is 4.98 Å². The Morgan fingerprint density at radius 2 is 2.29 bits per heavy atom. The molecular formula is C15H15BrN2O2S. The second-order valence-electron chi connectivity index (χ2n) is 4.67. The number of halogens is 1. The molecule has 2 aromatic heterocycles. The van der Waals surface area contributed by atoms with Gasteiger partial charge in [0, 0.05) is 34.1 Å². The average Bonchev–Trinajstić information content (AvgIpc) is 2.81. The van der Waals surface area contributed by atoms with E-state index in [0.717, 1.165) is 34.0 Å². The number of aryl methyl sites for hydroxylation is 1. The third-order valence-corrected chi connectivity index (χ3v) is 4.55. The first-order valence-electron chi connectivity index (χ1n) is 6.27. The average molecular weight is 367 g/mol. The fourth-order valence-corrected chi connectivity index (χ4v) is 3.50. The minimum Gasteiger partial charge on any atom is -0.478 e. The minimum atomic E-state index is -0.961. The quantitative estimate of drug-likeness (QED) is 0.814. The van der Waals surface area contributed by atoms with Crippen molar-refractivity contribution in [3.63, 3.8) is 0 Å². The Morgan fingerprint density at radius 1 is 1.52 bits per heavy atom. The maximum Gasteiger partial charge on any atom is 0.328 e. The molecule has 0 aromatic carbocycles. The van der Waals surface area contributed by atoms with E-state index >= 15 is 0 Å². The molecule has 2 heterocycles. The molecule has 0 saturated heterocycles. The Morgan fingerprint density at radius 3 is 2.86 bits per heavy atom. The van der Waals surface area contributed by atoms with Gasteiger partial charge in [-0.1, -0.05) is 0 Å². The van der Waals surface area contributed by atoms with Gasteiger partial charge in [-0.15, -0.1) is 11.3 Å². The highest BCUT2D eigenvalue weighted by atomic mass is 79.9. The van der Waals surface area contributed by atoms with Crippen LogP contribution in [0.25, 0.3) is 6.08 Å². The van der Waals surface area contributed by atoms with Crippen LogP contribution in [0.4, 0.5) is 5.82 Å². The summed E-state index contributed by atoms with van der Waals surface area (Å²) in [5.74, 6) is -0.0656. The number of pyridine rings is 1. The van der Waals surface area contributed by atoms with E-state index in [9.17, 15) is 4.79 Å². The van der Waals surface area contributed by atoms with E-state index in [-0.39, 0.29) is 0 Å². The molecule has 0 aliphatic heterocycles. The highest BCUT2D eigenvalue weighted by Gasteiger charge is 2.09. The van der Waals surface area contributed by atoms with Gasteiger partial charge < -0.3 is 10.0 Å². The molecule has 0 fully saturated rings. The fourth-order valence-electron chi connectivity index (χ4n) is 1.99. The van der Waals surface area contributed by atoms with Crippen LogP contribution in [0.1, 0.15) is 16.0 Å². The number of thiophene rings is 1. The highest BCUT2D eigenvalue weighted by Crippen LogP contribution is 2.24. The molecule has 0 unspecified atom stereocenters. The van der Waals surface area contributed by atoms with Gasteiger partial charge in [-0.2, -0.15) is 0 Å². The number of aliphatic carboxylic acids is 1. The number of carboxylic acid groups (broad SMARTS) is 1. The Kier molecular flexibility index (Phi) is 5.14. The van der Waals surface area contributed by atoms with Gasteiger partial charge in [-0.3, -0.25) is 0 Å². The zero-order chi connectivity index (χ0) is 15.4. The molecule has 0 aliphatic carbocycles. The molecule has 0 radical (unpaired) electrons. The van der Waals surface area contributed by atoms with Crippen LogP contribution < -0.4 is 4.90 Å². The zero-order valence-electron chi connectivity index (χ0n) is 11.7. The van der Waals surface area contributed by atoms with Crippen molar-refractivity contribution in [2.45, 2.75) is 13.5 Å². The van der Waals surface area contributed by atoms with E-state index in [0.29, 0.717) is 0 Å². The lowest BCUT2D eigenvalue weighted by atomic mass is 10.2. The van der Waals surface area contributed by atoms with Crippen molar-refractivity contribution in [3.8, 4) is 0 Å². The number of carboxylic acids is 1. The first kappa shape index (κ1) is 15.7. The first-order valence-corrected chi connectivity index (χ1v) is 7.94. The van der Waals surface area contributed by atoms with Crippen LogP contribution in [0.15, 0.2) is 34.3 Å². The Balaban J connectivity index is 2.14. The van der Waals surface area contributed by atoms with E-state index in [2.05, 4.69) is 37.3 Å². The molecule has 1 N–H and O–H groups in total. The molecule has 0 bridgehead atoms. The van der Waals surface area contributed by atoms with Gasteiger partial charge in [0.25, 0.3) is 0 Å². The number of hydrogen-bond donors (Lipinski definition) is 1. The van der Waals surface area contributed by atoms with E-state index < -0.39 is 5.97 Å². The van der Waals surface area contributed by atoms with E-state index in [4.69, 9.17) is 5.11 Å². The molecule has 6 heteroatoms. The topological polar surface area (TPSA) is 53.4 Å². The molecule has 21 heavy (non-hydrogen) atoms. The monoisotopic (exact) mass is 366 g/mol. The minimum absolute atomic E-state index is 0.783. The summed E-state index contributed by atoms with van der Waals surface area (Å²) in [4.78, 5) is 18.3. The highest BCUT2D eigenvalue weighted by molar-refractivity contribution is 9.10. The largest absolute Gasteiger partial charge is 0.478 e. The molecule has 0 amide bonds. The van der Waals surface area contributed by atoms with Crippen LogP contribution in [-0.4, -0.2) is 23.1 Å². The summed E-state index contributed by atoms with van der Waals surface area (Å²) in [6, 6.07) is 4.03. The summed E-state index contributed by atoms with van der Waals surface area (Å²) < 4.78 is 1.09. The second kappa shape index (κ2) is 6.87. The Hall–Kier alpha value is -1.66. The Labute approximate surface area is 135 Å². The SMILES string of the molecule is Cc1cc(/C=C/C(=O)O)cnc1N(C)Cc1cc(Br)cs1. The lowest BCUT2D eigenvalue weighted by Crippen LogP contribution is -2.18. The molecule has 0 spiro atoms. The van der Waals surface area contributed by atoms with Crippen molar-refractivity contribution in [2.75, 3.05) is 11.9 Å². The van der Waals surface area contributed by atoms with Gasteiger partial charge in [0.2, 0.25) is 0 Å². The normalized spacial score (nSPS) is 11.0. The number of nitrogens with zero attached hydrogens (tertiary/aromatic N) is 2. The lowest BCUT2D eigenvalue weighted by molar-refractivity contribution is -0.131. The number of carbonyl (C=O) groups is 1. The molecule has 0 atom stereocenters. The fraction of sp³-hybridized carbons (Fsp3) is 0.200. The van der Waals surface area contributed by atoms with Gasteiger partial charge in [0.15, 0.2) is 0 Å². The van der Waals surface area contributed by atoms with Crippen LogP contribution in [0, 0.1) is 6.92 Å². The van der Waals surface area contributed by atoms with Crippen molar-refractivity contribution in [3.05, 3.63) is 50.3 Å². The number of anilines is 1. The molecule has 110 valence electrons. The van der Waals surface area contributed by atoms with Gasteiger partial charge in [-0.25, -0.2) is 9.78 Å². The van der Waals surface area contributed by atoms with Gasteiger partial charge in [0.1, 0.15) is 5.82 Å². The molecule has 2 rings (SSSR count). The van der Waals surface area contributed by atoms with Crippen molar-refractivity contribution >= 4 is 45.1 Å². The van der Waals surface area contributed by atoms with Crippen LogP contribution >= 0.6 is 27.3 Å². The molecule has 4 nitrogen and oxygen atoms in total. The standard InChI is InChI=1S/C15H15BrN2O2S/c1-10-5-11(3-4-14(19)20)7-17-15(10)18(2)8-13-6-12(16)9-21-13/h3-7,9H,8H2,1-2H3,(H,19,20)/b4-3+. The first-order chi connectivity index (χ1) is 9.95. The maximum absolute atomic E-state index is 10.5. The van der Waals surface area contributed by atoms with Crippen molar-refractivity contribution in [2.24, 2.45) is 0 Å². The summed E-state index contributed by atoms with van der Waals surface area (Å²) in [6.45, 7) is 2.76. The number of rotatable bonds is 5. The zero-order valence-corrected chi connectivity index (χ0v) is 14.1. The van der Waals surface area contributed by atoms with E-state index in [1.54, 1.807) is 23.6 Å². The van der Waals surface area contributed by atoms with Crippen molar-refractivity contribution < 1.29 is 9.90 Å². The van der Waals surface area contributed by atoms with Crippen LogP contribution in [0.3, 0.4) is 0 Å². The van der Waals surface area contributed by atoms with E-state index in [1.807, 2.05) is 20.0 Å². The molecule has 0 saturated carbocycles. The predicted molar refractivity (Wildman–Crippen MR) is 89.8 cm³/mol. The molecular weight excluding hydrogens is 352 g/mol. The summed E-state index contributed by atoms with van der Waals surface area (Å²) in [5.41, 5.74) is 1.80. The summed E-state index contributed by atoms with van der Waals surface area (Å²) in [6.07, 6.45) is 4.34. The maximum atomic E-state index is 10.5. The molecule has 2 aromatic rings. The van der Waals surface area contributed by atoms with E-state index in [1.165, 1.54) is 4.88 Å². The van der Waals surface area contributed by atoms with Crippen molar-refractivity contribution in [1.29, 1.82) is 0 Å². The summed E-state index contributed by atoms with van der Waals surface area (Å²) >= 11 is 5.15. The van der Waals surface area contributed by atoms with Crippen LogP contribution in [0.5, 0.6) is 0 Å². The van der Waals surface area contributed by atoms with Gasteiger partial charge >= 0.3 is 5.97 Å². The third kappa shape index (κ3) is 4.41. The molecule has 0 aliphatic rings.